The second-order valence-corrected chi connectivity index (χ2v) is 21.1. The van der Waals surface area contributed by atoms with Crippen molar-refractivity contribution in [2.75, 3.05) is 126 Å². The second-order valence-electron chi connectivity index (χ2n) is 21.1. The Hall–Kier alpha value is -6.36. The first kappa shape index (κ1) is 67.8. The van der Waals surface area contributed by atoms with Crippen molar-refractivity contribution < 1.29 is 85.3 Å². The van der Waals surface area contributed by atoms with Crippen LogP contribution in [0.4, 0.5) is 4.39 Å². The maximum Gasteiger partial charge on any atom is 0.340 e. The van der Waals surface area contributed by atoms with Gasteiger partial charge < -0.3 is 73.6 Å². The van der Waals surface area contributed by atoms with Crippen LogP contribution in [0.1, 0.15) is 99.3 Å². The molecule has 85 heavy (non-hydrogen) atoms. The number of methoxy groups -OCH3 is 1. The van der Waals surface area contributed by atoms with E-state index in [1.54, 1.807) is 18.4 Å². The van der Waals surface area contributed by atoms with Crippen molar-refractivity contribution in [1.82, 2.24) is 30.4 Å². The number of primary amides is 1. The maximum absolute atomic E-state index is 14.6. The number of pyridine rings is 2. The fourth-order valence-corrected chi connectivity index (χ4v) is 10.1. The van der Waals surface area contributed by atoms with Crippen molar-refractivity contribution in [3.8, 4) is 11.4 Å². The fourth-order valence-electron chi connectivity index (χ4n) is 10.1. The van der Waals surface area contributed by atoms with Gasteiger partial charge in [-0.05, 0) is 68.2 Å². The number of carbonyl (C=O) groups excluding carboxylic acids is 7. The summed E-state index contributed by atoms with van der Waals surface area (Å²) < 4.78 is 70.3. The molecule has 5 heterocycles. The quantitative estimate of drug-likeness (QED) is 0.0285. The number of aryl methyl sites for hydroxylation is 2. The minimum atomic E-state index is -0.929. The molecule has 6 amide bonds. The minimum absolute atomic E-state index is 0.0553. The Kier molecular flexibility index (Phi) is 27.7. The van der Waals surface area contributed by atoms with Crippen molar-refractivity contribution in [3.63, 3.8) is 0 Å². The number of amides is 6. The Morgan fingerprint density at radius 3 is 1.85 bits per heavy atom. The number of cyclic esters (lactones) is 1. The van der Waals surface area contributed by atoms with Crippen LogP contribution in [0, 0.1) is 24.6 Å². The zero-order chi connectivity index (χ0) is 61.4. The number of aromatic nitrogens is 2. The fraction of sp³-hybridized carbons (Fsp3) is 0.644. The molecule has 470 valence electrons. The highest BCUT2D eigenvalue weighted by molar-refractivity contribution is 6.03. The molecule has 0 saturated carbocycles. The van der Waals surface area contributed by atoms with Gasteiger partial charge in [0.2, 0.25) is 35.4 Å². The summed E-state index contributed by atoms with van der Waals surface area (Å²) in [4.78, 5) is 103. The lowest BCUT2D eigenvalue weighted by atomic mass is 9.85. The first-order valence-corrected chi connectivity index (χ1v) is 29.2. The molecule has 0 spiro atoms. The van der Waals surface area contributed by atoms with Crippen molar-refractivity contribution in [2.45, 2.75) is 111 Å². The molecular formula is C59H84FN7O18. The van der Waals surface area contributed by atoms with E-state index in [2.05, 4.69) is 16.0 Å². The Morgan fingerprint density at radius 2 is 1.31 bits per heavy atom. The van der Waals surface area contributed by atoms with Crippen LogP contribution < -0.4 is 27.2 Å². The number of esters is 1. The Bertz CT molecular complexity index is 2850. The largest absolute Gasteiger partial charge is 0.458 e. The number of nitrogens with zero attached hydrogens (tertiary/aromatic N) is 3. The molecule has 7 rings (SSSR count). The highest BCUT2D eigenvalue weighted by Crippen LogP contribution is 2.42. The summed E-state index contributed by atoms with van der Waals surface area (Å²) in [7, 11) is 1.42. The van der Waals surface area contributed by atoms with Crippen LogP contribution >= 0.6 is 0 Å². The lowest BCUT2D eigenvalue weighted by Crippen LogP contribution is -2.54. The topological polar surface area (TPSA) is 312 Å². The standard InChI is InChI=1S/C36H65N5O14.C23H19FN2O4/c1-5-29-26-32(44)41(36(29)47)9-6-30(42)38-8-11-49-13-15-51-17-19-53-21-23-55-25-24-54-22-20-52-18-16-50-14-12-48-10-7-31(43)40-33(27(2)3)35(46)39-28(4)34(37)45;1-10-11-4-3-5-12-14-8-26-18(20(14)25-17(19(11)12)7-16(10)24)6-13-15(22(26)27)9-30-23(28)21(13)29-2/h27-29,33H,5-26H2,1-4H3,(H2,37,45)(H,38,42)(H,39,46)(H,40,43);6-7,21H,3-5,8-9H2,1-2H3. The number of benzene rings is 1. The molecule has 4 aliphatic rings. The number of ether oxygens (including phenoxy) is 10. The Balaban J connectivity index is 0.000000318. The van der Waals surface area contributed by atoms with E-state index in [0.29, 0.717) is 152 Å². The predicted octanol–water partition coefficient (Wildman–Crippen LogP) is 2.04. The van der Waals surface area contributed by atoms with Gasteiger partial charge in [-0.15, -0.1) is 0 Å². The number of hydrogen-bond acceptors (Lipinski definition) is 19. The van der Waals surface area contributed by atoms with Crippen LogP contribution in [0.3, 0.4) is 0 Å². The summed E-state index contributed by atoms with van der Waals surface area (Å²) >= 11 is 0. The van der Waals surface area contributed by atoms with Crippen LogP contribution in [0.2, 0.25) is 0 Å². The SMILES string of the molecule is CCC1CC(=O)N(CCC(=O)NCCOCCOCCOCCOCCOCCOCCOCCOCCC(=O)NC(C(=O)NC(C)C(N)=O)C(C)C)C1=O.COC1C(=O)OCc2c1cc1n(c2=O)Cc2c-1nc1cc(F)c(C)c3c1c2CCC3. The van der Waals surface area contributed by atoms with E-state index < -0.39 is 36.0 Å². The minimum Gasteiger partial charge on any atom is -0.458 e. The number of nitrogens with two attached hydrogens (primary N) is 1. The number of carbonyl (C=O) groups is 7. The molecule has 1 aromatic carbocycles. The lowest BCUT2D eigenvalue weighted by Gasteiger charge is -2.24. The summed E-state index contributed by atoms with van der Waals surface area (Å²) in [5.74, 6) is -3.30. The number of imide groups is 1. The van der Waals surface area contributed by atoms with Crippen LogP contribution in [-0.2, 0) is 107 Å². The molecule has 1 aliphatic carbocycles. The van der Waals surface area contributed by atoms with Gasteiger partial charge in [0.05, 0.1) is 135 Å². The normalized spacial score (nSPS) is 16.6. The lowest BCUT2D eigenvalue weighted by molar-refractivity contribution is -0.159. The van der Waals surface area contributed by atoms with E-state index in [9.17, 15) is 42.7 Å². The molecule has 3 aromatic rings. The predicted molar refractivity (Wildman–Crippen MR) is 304 cm³/mol. The third-order valence-corrected chi connectivity index (χ3v) is 14.8. The van der Waals surface area contributed by atoms with E-state index in [1.807, 2.05) is 19.9 Å². The molecule has 26 heteroatoms. The number of hydrogen-bond donors (Lipinski definition) is 4. The molecule has 25 nitrogen and oxygen atoms in total. The van der Waals surface area contributed by atoms with Gasteiger partial charge in [0.25, 0.3) is 5.56 Å². The van der Waals surface area contributed by atoms with Gasteiger partial charge in [0, 0.05) is 68.0 Å². The molecule has 3 aliphatic heterocycles. The van der Waals surface area contributed by atoms with E-state index >= 15 is 0 Å². The summed E-state index contributed by atoms with van der Waals surface area (Å²) in [5.41, 5.74) is 11.8. The number of halogens is 1. The van der Waals surface area contributed by atoms with Gasteiger partial charge in [0.1, 0.15) is 24.5 Å². The zero-order valence-electron chi connectivity index (χ0n) is 49.8. The molecule has 2 aromatic heterocycles. The first-order valence-electron chi connectivity index (χ1n) is 29.2. The Morgan fingerprint density at radius 1 is 0.741 bits per heavy atom. The molecule has 5 N–H and O–H groups in total. The van der Waals surface area contributed by atoms with Crippen molar-refractivity contribution >= 4 is 52.3 Å². The molecule has 1 saturated heterocycles. The first-order chi connectivity index (χ1) is 41.0. The van der Waals surface area contributed by atoms with Crippen LogP contribution in [0.25, 0.3) is 22.3 Å². The molecule has 4 atom stereocenters. The number of rotatable bonds is 37. The summed E-state index contributed by atoms with van der Waals surface area (Å²) in [6.45, 7) is 15.7. The number of fused-ring (bicyclic) bond motifs is 5. The van der Waals surface area contributed by atoms with E-state index in [-0.39, 0.29) is 85.9 Å². The van der Waals surface area contributed by atoms with Gasteiger partial charge in [-0.25, -0.2) is 14.2 Å². The van der Waals surface area contributed by atoms with Gasteiger partial charge in [-0.1, -0.05) is 20.8 Å². The van der Waals surface area contributed by atoms with E-state index in [1.165, 1.54) is 25.0 Å². The second kappa shape index (κ2) is 34.7. The van der Waals surface area contributed by atoms with Crippen molar-refractivity contribution in [3.05, 3.63) is 61.7 Å². The van der Waals surface area contributed by atoms with Crippen molar-refractivity contribution in [2.24, 2.45) is 17.6 Å². The number of likely N-dealkylation sites (tertiary alicyclic amines) is 1. The molecule has 0 bridgehead atoms. The summed E-state index contributed by atoms with van der Waals surface area (Å²) in [5, 5.41) is 8.91. The summed E-state index contributed by atoms with van der Waals surface area (Å²) in [6.07, 6.45) is 2.73. The van der Waals surface area contributed by atoms with Gasteiger partial charge in [-0.2, -0.15) is 0 Å². The van der Waals surface area contributed by atoms with Gasteiger partial charge in [-0.3, -0.25) is 38.5 Å². The smallest absolute Gasteiger partial charge is 0.340 e. The van der Waals surface area contributed by atoms with Gasteiger partial charge in [0.15, 0.2) is 6.10 Å². The van der Waals surface area contributed by atoms with Crippen LogP contribution in [0.15, 0.2) is 16.9 Å². The highest BCUT2D eigenvalue weighted by atomic mass is 19.1. The Labute approximate surface area is 494 Å². The van der Waals surface area contributed by atoms with Crippen LogP contribution in [0.5, 0.6) is 0 Å². The third kappa shape index (κ3) is 19.3. The zero-order valence-corrected chi connectivity index (χ0v) is 49.8. The molecule has 1 fully saturated rings. The van der Waals surface area contributed by atoms with Gasteiger partial charge >= 0.3 is 5.97 Å². The summed E-state index contributed by atoms with van der Waals surface area (Å²) in [6, 6.07) is 1.69. The van der Waals surface area contributed by atoms with E-state index in [4.69, 9.17) is 58.1 Å². The average Bonchev–Trinajstić information content (AvgIpc) is 1.79. The van der Waals surface area contributed by atoms with Crippen LogP contribution in [-0.4, -0.2) is 194 Å². The monoisotopic (exact) mass is 1200 g/mol. The number of nitrogens with one attached hydrogen (secondary N) is 3. The average molecular weight is 1200 g/mol. The molecule has 0 radical (unpaired) electrons. The highest BCUT2D eigenvalue weighted by Gasteiger charge is 2.38. The molecule has 4 unspecified atom stereocenters. The van der Waals surface area contributed by atoms with E-state index in [0.717, 1.165) is 41.3 Å². The maximum atomic E-state index is 14.6. The van der Waals surface area contributed by atoms with Crippen molar-refractivity contribution in [1.29, 1.82) is 0 Å². The molecular weight excluding hydrogens is 1110 g/mol. The third-order valence-electron chi connectivity index (χ3n) is 14.8.